The zero-order valence-corrected chi connectivity index (χ0v) is 12.7. The Labute approximate surface area is 123 Å². The van der Waals surface area contributed by atoms with Crippen molar-refractivity contribution >= 4 is 39.1 Å². The third kappa shape index (κ3) is 3.33. The normalized spacial score (nSPS) is 10.8. The highest BCUT2D eigenvalue weighted by atomic mass is 79.9. The fraction of sp³-hybridized carbons (Fsp3) is 0.250. The minimum atomic E-state index is -0.369. The molecule has 2 rings (SSSR count). The van der Waals surface area contributed by atoms with Gasteiger partial charge in [-0.3, -0.25) is 9.89 Å². The molecule has 0 aliphatic rings. The van der Waals surface area contributed by atoms with Crippen molar-refractivity contribution in [1.82, 2.24) is 15.2 Å². The van der Waals surface area contributed by atoms with Crippen LogP contribution in [0.4, 0.5) is 5.69 Å². The average Bonchev–Trinajstić information content (AvgIpc) is 2.82. The second kappa shape index (κ2) is 5.71. The van der Waals surface area contributed by atoms with Crippen LogP contribution in [0.5, 0.6) is 0 Å². The number of aromatic nitrogens is 3. The highest BCUT2D eigenvalue weighted by molar-refractivity contribution is 9.10. The number of H-pyrrole nitrogens is 1. The average molecular weight is 344 g/mol. The van der Waals surface area contributed by atoms with E-state index in [0.717, 1.165) is 0 Å². The van der Waals surface area contributed by atoms with E-state index in [9.17, 15) is 4.79 Å². The van der Waals surface area contributed by atoms with E-state index in [1.54, 1.807) is 18.2 Å². The molecular formula is C12H12BrClN4O. The predicted molar refractivity (Wildman–Crippen MR) is 77.6 cm³/mol. The maximum Gasteiger partial charge on any atom is 0.295 e. The molecule has 0 aliphatic heterocycles. The van der Waals surface area contributed by atoms with E-state index < -0.39 is 0 Å². The maximum atomic E-state index is 12.0. The topological polar surface area (TPSA) is 70.7 Å². The Morgan fingerprint density at radius 3 is 2.79 bits per heavy atom. The van der Waals surface area contributed by atoms with E-state index in [0.29, 0.717) is 21.0 Å². The van der Waals surface area contributed by atoms with Gasteiger partial charge in [0.15, 0.2) is 0 Å². The standard InChI is InChI=1S/C12H12BrClN4O/c1-6(2)10-16-11(18-17-10)12(19)15-9-4-3-7(14)5-8(9)13/h3-6H,1-2H3,(H,15,19)(H,16,17,18). The van der Waals surface area contributed by atoms with Gasteiger partial charge in [-0.15, -0.1) is 5.10 Å². The van der Waals surface area contributed by atoms with Crippen molar-refractivity contribution in [3.05, 3.63) is 39.3 Å². The van der Waals surface area contributed by atoms with Gasteiger partial charge < -0.3 is 5.32 Å². The lowest BCUT2D eigenvalue weighted by Crippen LogP contribution is -2.14. The maximum absolute atomic E-state index is 12.0. The van der Waals surface area contributed by atoms with Crippen molar-refractivity contribution in [1.29, 1.82) is 0 Å². The summed E-state index contributed by atoms with van der Waals surface area (Å²) >= 11 is 9.17. The van der Waals surface area contributed by atoms with Gasteiger partial charge in [0.2, 0.25) is 5.82 Å². The number of hydrogen-bond acceptors (Lipinski definition) is 3. The molecule has 0 spiro atoms. The first-order valence-corrected chi connectivity index (χ1v) is 6.83. The minimum Gasteiger partial charge on any atom is -0.318 e. The molecular weight excluding hydrogens is 332 g/mol. The lowest BCUT2D eigenvalue weighted by atomic mass is 10.2. The van der Waals surface area contributed by atoms with Gasteiger partial charge in [-0.2, -0.15) is 0 Å². The number of nitrogens with one attached hydrogen (secondary N) is 2. The van der Waals surface area contributed by atoms with E-state index >= 15 is 0 Å². The van der Waals surface area contributed by atoms with Crippen LogP contribution in [-0.4, -0.2) is 21.1 Å². The number of rotatable bonds is 3. The zero-order valence-electron chi connectivity index (χ0n) is 10.4. The predicted octanol–water partition coefficient (Wildman–Crippen LogP) is 3.60. The molecule has 1 aromatic carbocycles. The summed E-state index contributed by atoms with van der Waals surface area (Å²) in [6, 6.07) is 5.11. The molecule has 0 aliphatic carbocycles. The van der Waals surface area contributed by atoms with Crippen molar-refractivity contribution in [2.24, 2.45) is 0 Å². The van der Waals surface area contributed by atoms with E-state index in [-0.39, 0.29) is 17.6 Å². The van der Waals surface area contributed by atoms with E-state index in [1.165, 1.54) is 0 Å². The smallest absolute Gasteiger partial charge is 0.295 e. The summed E-state index contributed by atoms with van der Waals surface area (Å²) in [7, 11) is 0. The molecule has 0 fully saturated rings. The largest absolute Gasteiger partial charge is 0.318 e. The molecule has 0 radical (unpaired) electrons. The zero-order chi connectivity index (χ0) is 14.0. The first kappa shape index (κ1) is 14.0. The Balaban J connectivity index is 2.16. The van der Waals surface area contributed by atoms with Crippen LogP contribution < -0.4 is 5.32 Å². The van der Waals surface area contributed by atoms with Gasteiger partial charge in [0.1, 0.15) is 5.82 Å². The minimum absolute atomic E-state index is 0.116. The molecule has 7 heteroatoms. The fourth-order valence-corrected chi connectivity index (χ4v) is 2.18. The van der Waals surface area contributed by atoms with Gasteiger partial charge in [-0.05, 0) is 34.1 Å². The Bertz CT molecular complexity index is 612. The number of amides is 1. The first-order chi connectivity index (χ1) is 8.97. The SMILES string of the molecule is CC(C)c1nc(C(=O)Nc2ccc(Cl)cc2Br)n[nH]1. The van der Waals surface area contributed by atoms with Gasteiger partial charge in [0.25, 0.3) is 5.91 Å². The molecule has 0 saturated heterocycles. The second-order valence-electron chi connectivity index (χ2n) is 4.28. The summed E-state index contributed by atoms with van der Waals surface area (Å²) < 4.78 is 0.702. The number of nitrogens with zero attached hydrogens (tertiary/aromatic N) is 2. The van der Waals surface area contributed by atoms with Crippen LogP contribution in [0.15, 0.2) is 22.7 Å². The van der Waals surface area contributed by atoms with Crippen molar-refractivity contribution in [2.45, 2.75) is 19.8 Å². The van der Waals surface area contributed by atoms with Crippen molar-refractivity contribution in [3.63, 3.8) is 0 Å². The molecule has 5 nitrogen and oxygen atoms in total. The molecule has 0 atom stereocenters. The van der Waals surface area contributed by atoms with Gasteiger partial charge >= 0.3 is 0 Å². The Hall–Kier alpha value is -1.40. The summed E-state index contributed by atoms with van der Waals surface area (Å²) in [5, 5.41) is 9.94. The Morgan fingerprint density at radius 1 is 1.47 bits per heavy atom. The van der Waals surface area contributed by atoms with Crippen LogP contribution in [-0.2, 0) is 0 Å². The lowest BCUT2D eigenvalue weighted by molar-refractivity contribution is 0.101. The third-order valence-electron chi connectivity index (χ3n) is 2.43. The molecule has 100 valence electrons. The molecule has 2 N–H and O–H groups in total. The molecule has 19 heavy (non-hydrogen) atoms. The van der Waals surface area contributed by atoms with Crippen molar-refractivity contribution in [2.75, 3.05) is 5.32 Å². The number of carbonyl (C=O) groups excluding carboxylic acids is 1. The van der Waals surface area contributed by atoms with Crippen molar-refractivity contribution in [3.8, 4) is 0 Å². The fourth-order valence-electron chi connectivity index (χ4n) is 1.40. The highest BCUT2D eigenvalue weighted by Gasteiger charge is 2.15. The summed E-state index contributed by atoms with van der Waals surface area (Å²) in [5.41, 5.74) is 0.616. The molecule has 1 aromatic heterocycles. The number of anilines is 1. The number of aromatic amines is 1. The van der Waals surface area contributed by atoms with Crippen LogP contribution >= 0.6 is 27.5 Å². The second-order valence-corrected chi connectivity index (χ2v) is 5.57. The summed E-state index contributed by atoms with van der Waals surface area (Å²) in [6.07, 6.45) is 0. The summed E-state index contributed by atoms with van der Waals surface area (Å²) in [4.78, 5) is 16.1. The lowest BCUT2D eigenvalue weighted by Gasteiger charge is -2.05. The molecule has 0 unspecified atom stereocenters. The molecule has 0 saturated carbocycles. The van der Waals surface area contributed by atoms with E-state index in [4.69, 9.17) is 11.6 Å². The van der Waals surface area contributed by atoms with Gasteiger partial charge in [-0.25, -0.2) is 4.98 Å². The van der Waals surface area contributed by atoms with Gasteiger partial charge in [-0.1, -0.05) is 25.4 Å². The summed E-state index contributed by atoms with van der Waals surface area (Å²) in [5.74, 6) is 0.619. The highest BCUT2D eigenvalue weighted by Crippen LogP contribution is 2.26. The summed E-state index contributed by atoms with van der Waals surface area (Å²) in [6.45, 7) is 3.94. The monoisotopic (exact) mass is 342 g/mol. The van der Waals surface area contributed by atoms with Crippen molar-refractivity contribution < 1.29 is 4.79 Å². The van der Waals surface area contributed by atoms with E-state index in [1.807, 2.05) is 13.8 Å². The van der Waals surface area contributed by atoms with Crippen LogP contribution in [0.25, 0.3) is 0 Å². The quantitative estimate of drug-likeness (QED) is 0.894. The van der Waals surface area contributed by atoms with Crippen LogP contribution in [0, 0.1) is 0 Å². The van der Waals surface area contributed by atoms with E-state index in [2.05, 4.69) is 36.4 Å². The number of benzene rings is 1. The number of hydrogen-bond donors (Lipinski definition) is 2. The number of carbonyl (C=O) groups is 1. The Morgan fingerprint density at radius 2 is 2.21 bits per heavy atom. The van der Waals surface area contributed by atoms with Crippen LogP contribution in [0.3, 0.4) is 0 Å². The Kier molecular flexibility index (Phi) is 4.21. The van der Waals surface area contributed by atoms with Gasteiger partial charge in [0, 0.05) is 15.4 Å². The molecule has 2 aromatic rings. The van der Waals surface area contributed by atoms with Crippen LogP contribution in [0.1, 0.15) is 36.2 Å². The third-order valence-corrected chi connectivity index (χ3v) is 3.32. The van der Waals surface area contributed by atoms with Crippen LogP contribution in [0.2, 0.25) is 5.02 Å². The first-order valence-electron chi connectivity index (χ1n) is 5.66. The number of halogens is 2. The van der Waals surface area contributed by atoms with Gasteiger partial charge in [0.05, 0.1) is 5.69 Å². The molecule has 0 bridgehead atoms. The molecule has 1 heterocycles. The molecule has 1 amide bonds.